The van der Waals surface area contributed by atoms with Gasteiger partial charge in [0.05, 0.1) is 0 Å². The first-order valence-corrected chi connectivity index (χ1v) is 21.9. The second-order valence-corrected chi connectivity index (χ2v) is 17.5. The van der Waals surface area contributed by atoms with Gasteiger partial charge in [0.2, 0.25) is 0 Å². The Balaban J connectivity index is 1.04. The molecule has 0 N–H and O–H groups in total. The molecule has 1 atom stereocenters. The van der Waals surface area contributed by atoms with E-state index >= 15 is 0 Å². The van der Waals surface area contributed by atoms with E-state index in [0.29, 0.717) is 0 Å². The summed E-state index contributed by atoms with van der Waals surface area (Å²) in [5, 5.41) is 3.90. The van der Waals surface area contributed by atoms with Crippen LogP contribution in [0.15, 0.2) is 224 Å². The van der Waals surface area contributed by atoms with E-state index in [2.05, 4.69) is 242 Å². The normalized spacial score (nSPS) is 14.6. The third-order valence-corrected chi connectivity index (χ3v) is 13.6. The summed E-state index contributed by atoms with van der Waals surface area (Å²) in [6.45, 7) is 2.39. The van der Waals surface area contributed by atoms with E-state index in [1.807, 2.05) is 11.3 Å². The highest BCUT2D eigenvalue weighted by atomic mass is 32.1. The lowest BCUT2D eigenvalue weighted by molar-refractivity contribution is 0.591. The Hall–Kier alpha value is -7.26. The highest BCUT2D eigenvalue weighted by Crippen LogP contribution is 2.45. The number of anilines is 3. The fourth-order valence-electron chi connectivity index (χ4n) is 9.26. The van der Waals surface area contributed by atoms with Crippen LogP contribution in [0.25, 0.3) is 71.4 Å². The highest BCUT2D eigenvalue weighted by molar-refractivity contribution is 7.20. The molecule has 1 nitrogen and oxygen atoms in total. The highest BCUT2D eigenvalue weighted by Gasteiger charge is 2.30. The predicted octanol–water partition coefficient (Wildman–Crippen LogP) is 16.7. The fraction of sp³-hybridized carbons (Fsp3) is 0.0508. The van der Waals surface area contributed by atoms with Crippen LogP contribution in [0.1, 0.15) is 22.9 Å². The molecule has 0 fully saturated rings. The second-order valence-electron chi connectivity index (χ2n) is 16.4. The van der Waals surface area contributed by atoms with Gasteiger partial charge in [0.15, 0.2) is 0 Å². The molecule has 0 amide bonds. The Morgan fingerprint density at radius 3 is 1.74 bits per heavy atom. The maximum absolute atomic E-state index is 2.43. The summed E-state index contributed by atoms with van der Waals surface area (Å²) in [5.41, 5.74) is 15.5. The molecule has 11 rings (SSSR count). The molecule has 61 heavy (non-hydrogen) atoms. The van der Waals surface area contributed by atoms with E-state index in [1.54, 1.807) is 0 Å². The van der Waals surface area contributed by atoms with Crippen molar-refractivity contribution in [3.63, 3.8) is 0 Å². The van der Waals surface area contributed by atoms with Crippen LogP contribution in [-0.2, 0) is 11.8 Å². The van der Waals surface area contributed by atoms with Crippen LogP contribution in [0, 0.1) is 0 Å². The molecule has 1 aliphatic carbocycles. The molecule has 10 aromatic rings. The van der Waals surface area contributed by atoms with Gasteiger partial charge in [0, 0.05) is 32.1 Å². The molecule has 1 aromatic heterocycles. The van der Waals surface area contributed by atoms with E-state index in [9.17, 15) is 0 Å². The molecule has 0 aliphatic heterocycles. The molecular weight excluding hydrogens is 755 g/mol. The van der Waals surface area contributed by atoms with Crippen LogP contribution >= 0.6 is 11.3 Å². The summed E-state index contributed by atoms with van der Waals surface area (Å²) in [6.07, 6.45) is 5.75. The van der Waals surface area contributed by atoms with Gasteiger partial charge in [0.25, 0.3) is 0 Å². The van der Waals surface area contributed by atoms with Gasteiger partial charge in [0.1, 0.15) is 0 Å². The Labute approximate surface area is 362 Å². The molecule has 1 aliphatic rings. The maximum atomic E-state index is 2.43. The lowest BCUT2D eigenvalue weighted by Gasteiger charge is -2.31. The van der Waals surface area contributed by atoms with Gasteiger partial charge in [-0.15, -0.1) is 11.3 Å². The van der Waals surface area contributed by atoms with Crippen molar-refractivity contribution in [1.82, 2.24) is 0 Å². The molecule has 0 radical (unpaired) electrons. The standard InChI is InChI=1S/C59H43NS/c1-59(34-33-58-56(40-59)55-26-10-11-28-57(55)61-58)49-29-31-50(32-30-49)60(52-38-47(41-15-4-2-5-16-41)36-48(39-52)42-17-6-3-7-18-42)51-24-13-22-45(37-51)44-21-12-23-46(35-44)54-27-14-20-43-19-8-9-25-53(43)54/h2-39H,40H2,1H3. The first-order chi connectivity index (χ1) is 30.1. The van der Waals surface area contributed by atoms with Gasteiger partial charge in [-0.3, -0.25) is 0 Å². The summed E-state index contributed by atoms with van der Waals surface area (Å²) in [7, 11) is 0. The van der Waals surface area contributed by atoms with Crippen LogP contribution < -0.4 is 4.90 Å². The van der Waals surface area contributed by atoms with Crippen molar-refractivity contribution in [2.45, 2.75) is 18.8 Å². The first-order valence-electron chi connectivity index (χ1n) is 21.1. The first kappa shape index (κ1) is 36.8. The lowest BCUT2D eigenvalue weighted by Crippen LogP contribution is -2.24. The zero-order valence-corrected chi connectivity index (χ0v) is 34.8. The number of thiophene rings is 1. The molecule has 0 bridgehead atoms. The molecule has 0 spiro atoms. The van der Waals surface area contributed by atoms with Gasteiger partial charge < -0.3 is 4.90 Å². The van der Waals surface area contributed by atoms with Crippen molar-refractivity contribution < 1.29 is 0 Å². The number of rotatable bonds is 8. The Kier molecular flexibility index (Phi) is 9.29. The predicted molar refractivity (Wildman–Crippen MR) is 262 cm³/mol. The lowest BCUT2D eigenvalue weighted by atomic mass is 9.74. The Bertz CT molecular complexity index is 3170. The fourth-order valence-corrected chi connectivity index (χ4v) is 10.4. The summed E-state index contributed by atoms with van der Waals surface area (Å²) in [4.78, 5) is 3.82. The largest absolute Gasteiger partial charge is 0.310 e. The molecule has 9 aromatic carbocycles. The topological polar surface area (TPSA) is 3.24 Å². The Morgan fingerprint density at radius 2 is 0.984 bits per heavy atom. The van der Waals surface area contributed by atoms with E-state index < -0.39 is 0 Å². The molecule has 290 valence electrons. The van der Waals surface area contributed by atoms with Crippen molar-refractivity contribution in [1.29, 1.82) is 0 Å². The third-order valence-electron chi connectivity index (χ3n) is 12.5. The monoisotopic (exact) mass is 797 g/mol. The summed E-state index contributed by atoms with van der Waals surface area (Å²) < 4.78 is 1.36. The second kappa shape index (κ2) is 15.4. The Morgan fingerprint density at radius 1 is 0.426 bits per heavy atom. The van der Waals surface area contributed by atoms with Crippen LogP contribution in [0.5, 0.6) is 0 Å². The zero-order chi connectivity index (χ0) is 40.8. The number of hydrogen-bond acceptors (Lipinski definition) is 2. The van der Waals surface area contributed by atoms with Gasteiger partial charge in [-0.25, -0.2) is 0 Å². The van der Waals surface area contributed by atoms with Gasteiger partial charge in [-0.2, -0.15) is 0 Å². The van der Waals surface area contributed by atoms with Crippen LogP contribution in [-0.4, -0.2) is 0 Å². The van der Waals surface area contributed by atoms with Crippen molar-refractivity contribution >= 4 is 55.3 Å². The SMILES string of the molecule is CC1(c2ccc(N(c3cccc(-c4cccc(-c5cccc6ccccc56)c4)c3)c3cc(-c4ccccc4)cc(-c4ccccc4)c3)cc2)C=Cc2sc3ccccc3c2C1. The van der Waals surface area contributed by atoms with Crippen molar-refractivity contribution in [3.8, 4) is 44.5 Å². The molecule has 0 saturated carbocycles. The summed E-state index contributed by atoms with van der Waals surface area (Å²) in [6, 6.07) is 80.0. The van der Waals surface area contributed by atoms with Gasteiger partial charge >= 0.3 is 0 Å². The molecule has 0 saturated heterocycles. The van der Waals surface area contributed by atoms with Crippen LogP contribution in [0.4, 0.5) is 17.1 Å². The smallest absolute Gasteiger partial charge is 0.0473 e. The minimum atomic E-state index is -0.122. The van der Waals surface area contributed by atoms with Crippen molar-refractivity contribution in [3.05, 3.63) is 240 Å². The number of nitrogens with zero attached hydrogens (tertiary/aromatic N) is 1. The van der Waals surface area contributed by atoms with E-state index in [-0.39, 0.29) is 5.41 Å². The van der Waals surface area contributed by atoms with Gasteiger partial charge in [-0.05, 0) is 139 Å². The molecule has 1 heterocycles. The molecular formula is C59H43NS. The zero-order valence-electron chi connectivity index (χ0n) is 34.0. The van der Waals surface area contributed by atoms with E-state index in [1.165, 1.54) is 81.4 Å². The summed E-state index contributed by atoms with van der Waals surface area (Å²) >= 11 is 1.90. The number of allylic oxidation sites excluding steroid dienone is 1. The number of hydrogen-bond donors (Lipinski definition) is 0. The molecule has 2 heteroatoms. The third kappa shape index (κ3) is 6.95. The number of benzene rings is 9. The van der Waals surface area contributed by atoms with Crippen LogP contribution in [0.2, 0.25) is 0 Å². The molecule has 1 unspecified atom stereocenters. The van der Waals surface area contributed by atoms with Gasteiger partial charge in [-0.1, -0.05) is 177 Å². The van der Waals surface area contributed by atoms with Crippen LogP contribution in [0.3, 0.4) is 0 Å². The minimum absolute atomic E-state index is 0.122. The average Bonchev–Trinajstić information content (AvgIpc) is 3.70. The number of fused-ring (bicyclic) bond motifs is 4. The average molecular weight is 798 g/mol. The summed E-state index contributed by atoms with van der Waals surface area (Å²) in [5.74, 6) is 0. The quantitative estimate of drug-likeness (QED) is 0.148. The van der Waals surface area contributed by atoms with Crippen molar-refractivity contribution in [2.24, 2.45) is 0 Å². The van der Waals surface area contributed by atoms with E-state index in [0.717, 1.165) is 23.5 Å². The maximum Gasteiger partial charge on any atom is 0.0473 e. The van der Waals surface area contributed by atoms with Crippen molar-refractivity contribution in [2.75, 3.05) is 4.90 Å². The van der Waals surface area contributed by atoms with E-state index in [4.69, 9.17) is 0 Å². The minimum Gasteiger partial charge on any atom is -0.310 e.